The number of hydrogen-bond acceptors (Lipinski definition) is 3. The fourth-order valence-electron chi connectivity index (χ4n) is 1.88. The van der Waals surface area contributed by atoms with Crippen LogP contribution < -0.4 is 5.32 Å². The molecule has 0 saturated heterocycles. The number of aliphatic imine (C=N–C) groups is 1. The first-order chi connectivity index (χ1) is 7.40. The summed E-state index contributed by atoms with van der Waals surface area (Å²) in [5.74, 6) is 0. The van der Waals surface area contributed by atoms with Crippen molar-refractivity contribution in [3.8, 4) is 0 Å². The van der Waals surface area contributed by atoms with E-state index in [2.05, 4.69) is 17.0 Å². The average Bonchev–Trinajstić information content (AvgIpc) is 2.16. The van der Waals surface area contributed by atoms with Crippen molar-refractivity contribution in [1.29, 1.82) is 0 Å². The summed E-state index contributed by atoms with van der Waals surface area (Å²) in [5, 5.41) is 2.90. The lowest BCUT2D eigenvalue weighted by molar-refractivity contribution is 0.0491. The second-order valence-electron chi connectivity index (χ2n) is 5.33. The van der Waals surface area contributed by atoms with Crippen LogP contribution in [0.1, 0.15) is 46.5 Å². The molecule has 0 spiro atoms. The molecule has 4 nitrogen and oxygen atoms in total. The highest BCUT2D eigenvalue weighted by Gasteiger charge is 2.23. The normalized spacial score (nSPS) is 25.9. The molecular weight excluding hydrogens is 204 g/mol. The van der Waals surface area contributed by atoms with E-state index in [1.165, 1.54) is 0 Å². The van der Waals surface area contributed by atoms with E-state index in [9.17, 15) is 4.79 Å². The zero-order valence-electron chi connectivity index (χ0n) is 10.5. The summed E-state index contributed by atoms with van der Waals surface area (Å²) in [4.78, 5) is 15.5. The first-order valence-corrected chi connectivity index (χ1v) is 5.86. The molecule has 1 aliphatic carbocycles. The van der Waals surface area contributed by atoms with Gasteiger partial charge in [-0.3, -0.25) is 4.99 Å². The number of rotatable bonds is 2. The third-order valence-electron chi connectivity index (χ3n) is 2.68. The second-order valence-corrected chi connectivity index (χ2v) is 5.33. The Morgan fingerprint density at radius 3 is 2.31 bits per heavy atom. The van der Waals surface area contributed by atoms with E-state index < -0.39 is 5.60 Å². The largest absolute Gasteiger partial charge is 0.444 e. The first kappa shape index (κ1) is 13.0. The Labute approximate surface area is 97.5 Å². The van der Waals surface area contributed by atoms with Crippen molar-refractivity contribution in [2.75, 3.05) is 0 Å². The molecule has 16 heavy (non-hydrogen) atoms. The van der Waals surface area contributed by atoms with Crippen LogP contribution in [0.5, 0.6) is 0 Å². The van der Waals surface area contributed by atoms with Crippen molar-refractivity contribution < 1.29 is 9.53 Å². The predicted molar refractivity (Wildman–Crippen MR) is 65.0 cm³/mol. The van der Waals surface area contributed by atoms with Gasteiger partial charge < -0.3 is 10.1 Å². The van der Waals surface area contributed by atoms with Crippen molar-refractivity contribution in [3.63, 3.8) is 0 Å². The minimum atomic E-state index is -0.427. The van der Waals surface area contributed by atoms with Crippen LogP contribution in [0.3, 0.4) is 0 Å². The first-order valence-electron chi connectivity index (χ1n) is 5.86. The zero-order valence-corrected chi connectivity index (χ0v) is 10.5. The monoisotopic (exact) mass is 226 g/mol. The zero-order chi connectivity index (χ0) is 12.2. The molecule has 0 aromatic carbocycles. The van der Waals surface area contributed by atoms with Crippen LogP contribution in [0, 0.1) is 0 Å². The molecule has 0 aromatic rings. The molecule has 0 bridgehead atoms. The minimum Gasteiger partial charge on any atom is -0.444 e. The number of carbonyl (C=O) groups is 1. The number of alkyl carbamates (subject to hydrolysis) is 1. The van der Waals surface area contributed by atoms with E-state index >= 15 is 0 Å². The van der Waals surface area contributed by atoms with Crippen molar-refractivity contribution in [1.82, 2.24) is 5.32 Å². The molecule has 1 saturated carbocycles. The summed E-state index contributed by atoms with van der Waals surface area (Å²) in [7, 11) is 0. The molecule has 0 unspecified atom stereocenters. The van der Waals surface area contributed by atoms with Crippen LogP contribution in [0.2, 0.25) is 0 Å². The number of hydrogen-bond donors (Lipinski definition) is 1. The Morgan fingerprint density at radius 2 is 1.88 bits per heavy atom. The van der Waals surface area contributed by atoms with Gasteiger partial charge in [-0.2, -0.15) is 0 Å². The van der Waals surface area contributed by atoms with Crippen molar-refractivity contribution >= 4 is 12.8 Å². The SMILES string of the molecule is C=NC1CCC(NC(=O)OC(C)(C)C)CC1. The van der Waals surface area contributed by atoms with Crippen LogP contribution in [0.15, 0.2) is 4.99 Å². The standard InChI is InChI=1S/C12H22N2O2/c1-12(2,3)16-11(15)14-10-7-5-9(13-4)6-8-10/h9-10H,4-8H2,1-3H3,(H,14,15). The molecule has 4 heteroatoms. The molecule has 0 aromatic heterocycles. The Hall–Kier alpha value is -1.06. The van der Waals surface area contributed by atoms with E-state index in [0.29, 0.717) is 6.04 Å². The van der Waals surface area contributed by atoms with Gasteiger partial charge >= 0.3 is 6.09 Å². The smallest absolute Gasteiger partial charge is 0.407 e. The molecule has 0 radical (unpaired) electrons. The Kier molecular flexibility index (Phi) is 4.33. The third-order valence-corrected chi connectivity index (χ3v) is 2.68. The molecular formula is C12H22N2O2. The number of nitrogens with zero attached hydrogens (tertiary/aromatic N) is 1. The van der Waals surface area contributed by atoms with Gasteiger partial charge in [-0.1, -0.05) is 0 Å². The van der Waals surface area contributed by atoms with Crippen molar-refractivity contribution in [2.45, 2.75) is 64.1 Å². The van der Waals surface area contributed by atoms with Gasteiger partial charge in [0.1, 0.15) is 5.60 Å². The quantitative estimate of drug-likeness (QED) is 0.735. The highest BCUT2D eigenvalue weighted by molar-refractivity contribution is 5.68. The lowest BCUT2D eigenvalue weighted by atomic mass is 9.92. The summed E-state index contributed by atoms with van der Waals surface area (Å²) in [6.07, 6.45) is 3.61. The van der Waals surface area contributed by atoms with Crippen LogP contribution in [0.4, 0.5) is 4.79 Å². The van der Waals surface area contributed by atoms with E-state index in [1.54, 1.807) is 0 Å². The van der Waals surface area contributed by atoms with Gasteiger partial charge in [-0.05, 0) is 53.2 Å². The maximum absolute atomic E-state index is 11.5. The minimum absolute atomic E-state index is 0.229. The summed E-state index contributed by atoms with van der Waals surface area (Å²) in [6.45, 7) is 9.16. The molecule has 0 heterocycles. The van der Waals surface area contributed by atoms with Gasteiger partial charge in [-0.25, -0.2) is 4.79 Å². The third kappa shape index (κ3) is 4.64. The van der Waals surface area contributed by atoms with Crippen molar-refractivity contribution in [3.05, 3.63) is 0 Å². The van der Waals surface area contributed by atoms with Gasteiger partial charge in [0.2, 0.25) is 0 Å². The average molecular weight is 226 g/mol. The molecule has 1 N–H and O–H groups in total. The number of nitrogens with one attached hydrogen (secondary N) is 1. The van der Waals surface area contributed by atoms with Gasteiger partial charge in [0, 0.05) is 12.1 Å². The van der Waals surface area contributed by atoms with Gasteiger partial charge in [0.25, 0.3) is 0 Å². The maximum Gasteiger partial charge on any atom is 0.407 e. The lowest BCUT2D eigenvalue weighted by Gasteiger charge is -2.28. The highest BCUT2D eigenvalue weighted by atomic mass is 16.6. The number of amides is 1. The van der Waals surface area contributed by atoms with Gasteiger partial charge in [0.05, 0.1) is 0 Å². The van der Waals surface area contributed by atoms with Gasteiger partial charge in [0.15, 0.2) is 0 Å². The van der Waals surface area contributed by atoms with Gasteiger partial charge in [-0.15, -0.1) is 0 Å². The van der Waals surface area contributed by atoms with Crippen LogP contribution in [-0.4, -0.2) is 30.5 Å². The molecule has 92 valence electrons. The summed E-state index contributed by atoms with van der Waals surface area (Å²) >= 11 is 0. The van der Waals surface area contributed by atoms with E-state index in [1.807, 2.05) is 20.8 Å². The van der Waals surface area contributed by atoms with Crippen molar-refractivity contribution in [2.24, 2.45) is 4.99 Å². The summed E-state index contributed by atoms with van der Waals surface area (Å²) in [5.41, 5.74) is -0.427. The molecule has 0 aliphatic heterocycles. The van der Waals surface area contributed by atoms with Crippen LogP contribution in [0.25, 0.3) is 0 Å². The van der Waals surface area contributed by atoms with E-state index in [4.69, 9.17) is 4.74 Å². The Morgan fingerprint density at radius 1 is 1.31 bits per heavy atom. The number of ether oxygens (including phenoxy) is 1. The molecule has 1 amide bonds. The maximum atomic E-state index is 11.5. The highest BCUT2D eigenvalue weighted by Crippen LogP contribution is 2.21. The summed E-state index contributed by atoms with van der Waals surface area (Å²) < 4.78 is 5.21. The Balaban J connectivity index is 2.28. The van der Waals surface area contributed by atoms with E-state index in [0.717, 1.165) is 25.7 Å². The van der Waals surface area contributed by atoms with E-state index in [-0.39, 0.29) is 12.1 Å². The fraction of sp³-hybridized carbons (Fsp3) is 0.833. The predicted octanol–water partition coefficient (Wildman–Crippen LogP) is 2.52. The molecule has 0 atom stereocenters. The lowest BCUT2D eigenvalue weighted by Crippen LogP contribution is -2.41. The fourth-order valence-corrected chi connectivity index (χ4v) is 1.88. The number of carbonyl (C=O) groups excluding carboxylic acids is 1. The molecule has 1 rings (SSSR count). The second kappa shape index (κ2) is 5.32. The van der Waals surface area contributed by atoms with Crippen LogP contribution in [-0.2, 0) is 4.74 Å². The molecule has 1 fully saturated rings. The Bertz CT molecular complexity index is 250. The topological polar surface area (TPSA) is 50.7 Å². The summed E-state index contributed by atoms with van der Waals surface area (Å²) in [6, 6.07) is 0.601. The van der Waals surface area contributed by atoms with Crippen LogP contribution >= 0.6 is 0 Å². The molecule has 1 aliphatic rings.